The minimum atomic E-state index is 0. The number of rotatable bonds is 3. The Morgan fingerprint density at radius 3 is 2.79 bits per heavy atom. The van der Waals surface area contributed by atoms with Crippen molar-refractivity contribution in [1.29, 1.82) is 5.26 Å². The number of hydrogen-bond acceptors (Lipinski definition) is 4. The van der Waals surface area contributed by atoms with Crippen LogP contribution in [0.15, 0.2) is 36.5 Å². The molecule has 0 N–H and O–H groups in total. The molecule has 1 fully saturated rings. The zero-order valence-corrected chi connectivity index (χ0v) is 15.1. The molecule has 0 saturated carbocycles. The molecular weight excluding hydrogens is 318 g/mol. The lowest BCUT2D eigenvalue weighted by molar-refractivity contribution is 0.0989. The number of pyridine rings is 1. The molecule has 5 heteroatoms. The first kappa shape index (κ1) is 18.3. The van der Waals surface area contributed by atoms with Crippen LogP contribution in [0, 0.1) is 18.3 Å². The average molecular weight is 341 g/mol. The van der Waals surface area contributed by atoms with Crippen LogP contribution in [0.1, 0.15) is 18.2 Å². The highest BCUT2D eigenvalue weighted by Gasteiger charge is 2.19. The van der Waals surface area contributed by atoms with Crippen LogP contribution in [0.5, 0.6) is 0 Å². The third-order valence-electron chi connectivity index (χ3n) is 4.31. The van der Waals surface area contributed by atoms with Crippen LogP contribution in [-0.4, -0.2) is 30.8 Å². The Balaban J connectivity index is 0.00000208. The molecule has 2 heterocycles. The lowest BCUT2D eigenvalue weighted by atomic mass is 10.0. The van der Waals surface area contributed by atoms with E-state index in [9.17, 15) is 0 Å². The van der Waals surface area contributed by atoms with Gasteiger partial charge in [0.1, 0.15) is 0 Å². The van der Waals surface area contributed by atoms with Crippen LogP contribution in [0.3, 0.4) is 0 Å². The molecule has 0 spiro atoms. The summed E-state index contributed by atoms with van der Waals surface area (Å²) >= 11 is 0. The Labute approximate surface area is 150 Å². The van der Waals surface area contributed by atoms with Crippen molar-refractivity contribution in [2.24, 2.45) is 0 Å². The fourth-order valence-electron chi connectivity index (χ4n) is 3.03. The lowest BCUT2D eigenvalue weighted by Crippen LogP contribution is -2.43. The average Bonchev–Trinajstić information content (AvgIpc) is 2.56. The first-order valence-electron chi connectivity index (χ1n) is 7.96. The molecule has 1 saturated heterocycles. The Kier molecular flexibility index (Phi) is 6.24. The second-order valence-corrected chi connectivity index (χ2v) is 5.99. The van der Waals surface area contributed by atoms with Gasteiger partial charge in [0, 0.05) is 30.0 Å². The van der Waals surface area contributed by atoms with Crippen LogP contribution >= 0.6 is 13.5 Å². The van der Waals surface area contributed by atoms with Crippen LogP contribution in [0.4, 0.5) is 5.69 Å². The molecule has 0 bridgehead atoms. The van der Waals surface area contributed by atoms with Crippen LogP contribution in [0.25, 0.3) is 11.1 Å². The summed E-state index contributed by atoms with van der Waals surface area (Å²) in [5.41, 5.74) is 5.57. The largest absolute Gasteiger partial charge is 0.377 e. The van der Waals surface area contributed by atoms with E-state index >= 15 is 0 Å². The van der Waals surface area contributed by atoms with E-state index in [0.29, 0.717) is 12.5 Å². The lowest BCUT2D eigenvalue weighted by Gasteiger charge is -2.35. The number of nitriles is 1. The number of ether oxygens (including phenoxy) is 1. The fourth-order valence-corrected chi connectivity index (χ4v) is 3.03. The number of hydrogen-bond donors (Lipinski definition) is 0. The van der Waals surface area contributed by atoms with Gasteiger partial charge >= 0.3 is 0 Å². The Morgan fingerprint density at radius 2 is 2.17 bits per heavy atom. The van der Waals surface area contributed by atoms with Gasteiger partial charge in [-0.2, -0.15) is 18.8 Å². The van der Waals surface area contributed by atoms with Crippen molar-refractivity contribution >= 4 is 19.2 Å². The summed E-state index contributed by atoms with van der Waals surface area (Å²) in [5, 5.41) is 8.72. The van der Waals surface area contributed by atoms with Crippen molar-refractivity contribution in [3.8, 4) is 17.2 Å². The summed E-state index contributed by atoms with van der Waals surface area (Å²) < 4.78 is 5.51. The smallest absolute Gasteiger partial charge is 0.0774 e. The maximum absolute atomic E-state index is 8.72. The highest BCUT2D eigenvalue weighted by Crippen LogP contribution is 2.28. The molecule has 126 valence electrons. The van der Waals surface area contributed by atoms with Crippen LogP contribution in [-0.2, 0) is 11.2 Å². The topological polar surface area (TPSA) is 49.1 Å². The molecule has 1 atom stereocenters. The predicted octanol–water partition coefficient (Wildman–Crippen LogP) is 3.46. The number of anilines is 1. The number of nitrogens with zero attached hydrogens (tertiary/aromatic N) is 3. The molecule has 1 aliphatic heterocycles. The zero-order valence-electron chi connectivity index (χ0n) is 14.1. The van der Waals surface area contributed by atoms with Gasteiger partial charge in [0.2, 0.25) is 0 Å². The van der Waals surface area contributed by atoms with Gasteiger partial charge < -0.3 is 9.64 Å². The first-order chi connectivity index (χ1) is 11.2. The quantitative estimate of drug-likeness (QED) is 0.858. The second-order valence-electron chi connectivity index (χ2n) is 5.99. The van der Waals surface area contributed by atoms with E-state index in [-0.39, 0.29) is 13.5 Å². The van der Waals surface area contributed by atoms with Gasteiger partial charge in [-0.1, -0.05) is 12.1 Å². The van der Waals surface area contributed by atoms with E-state index in [0.717, 1.165) is 31.0 Å². The maximum atomic E-state index is 8.72. The van der Waals surface area contributed by atoms with E-state index in [4.69, 9.17) is 10.00 Å². The third kappa shape index (κ3) is 3.89. The molecule has 2 aromatic rings. The molecule has 0 unspecified atom stereocenters. The summed E-state index contributed by atoms with van der Waals surface area (Å²) in [6.07, 6.45) is 2.21. The predicted molar refractivity (Wildman–Crippen MR) is 102 cm³/mol. The van der Waals surface area contributed by atoms with Gasteiger partial charge in [-0.25, -0.2) is 0 Å². The molecule has 1 aromatic carbocycles. The van der Waals surface area contributed by atoms with E-state index in [2.05, 4.69) is 48.0 Å². The van der Waals surface area contributed by atoms with Gasteiger partial charge in [0.05, 0.1) is 31.4 Å². The minimum Gasteiger partial charge on any atom is -0.377 e. The highest BCUT2D eigenvalue weighted by atomic mass is 32.1. The number of aromatic nitrogens is 1. The monoisotopic (exact) mass is 341 g/mol. The van der Waals surface area contributed by atoms with E-state index in [1.807, 2.05) is 18.3 Å². The van der Waals surface area contributed by atoms with Crippen molar-refractivity contribution in [2.45, 2.75) is 26.3 Å². The SMILES string of the molecule is Cc1cc(N2CCOC[C@@H]2C)ccc1-c1ccc(CC#N)nc1.S. The fraction of sp³-hybridized carbons (Fsp3) is 0.368. The standard InChI is InChI=1S/C19H21N3O.H2S/c1-14-11-18(22-9-10-23-13-15(22)2)5-6-19(14)16-3-4-17(7-8-20)21-12-16;/h3-6,11-12,15H,7,9-10,13H2,1-2H3;1H2/t15-;/m0./s1. The molecule has 4 nitrogen and oxygen atoms in total. The number of aryl methyl sites for hydroxylation is 1. The van der Waals surface area contributed by atoms with Crippen molar-refractivity contribution in [2.75, 3.05) is 24.7 Å². The van der Waals surface area contributed by atoms with Gasteiger partial charge in [0.25, 0.3) is 0 Å². The molecule has 24 heavy (non-hydrogen) atoms. The molecular formula is C19H23N3OS. The summed E-state index contributed by atoms with van der Waals surface area (Å²) in [6, 6.07) is 13.1. The number of benzene rings is 1. The Bertz CT molecular complexity index is 724. The normalized spacial score (nSPS) is 17.0. The molecule has 1 aromatic heterocycles. The van der Waals surface area contributed by atoms with Gasteiger partial charge in [0.15, 0.2) is 0 Å². The summed E-state index contributed by atoms with van der Waals surface area (Å²) in [4.78, 5) is 6.76. The molecule has 1 aliphatic rings. The van der Waals surface area contributed by atoms with Crippen LogP contribution in [0.2, 0.25) is 0 Å². The molecule has 0 aliphatic carbocycles. The Hall–Kier alpha value is -2.03. The third-order valence-corrected chi connectivity index (χ3v) is 4.31. The van der Waals surface area contributed by atoms with Crippen molar-refractivity contribution in [3.63, 3.8) is 0 Å². The van der Waals surface area contributed by atoms with Gasteiger partial charge in [-0.05, 0) is 43.2 Å². The molecule has 0 amide bonds. The van der Waals surface area contributed by atoms with E-state index in [1.54, 1.807) is 0 Å². The van der Waals surface area contributed by atoms with Gasteiger partial charge in [-0.15, -0.1) is 0 Å². The summed E-state index contributed by atoms with van der Waals surface area (Å²) in [7, 11) is 0. The highest BCUT2D eigenvalue weighted by molar-refractivity contribution is 7.59. The van der Waals surface area contributed by atoms with Crippen molar-refractivity contribution in [1.82, 2.24) is 4.98 Å². The van der Waals surface area contributed by atoms with Crippen LogP contribution < -0.4 is 4.90 Å². The molecule has 0 radical (unpaired) electrons. The molecule has 3 rings (SSSR count). The van der Waals surface area contributed by atoms with Crippen molar-refractivity contribution < 1.29 is 4.74 Å². The second kappa shape index (κ2) is 8.18. The van der Waals surface area contributed by atoms with E-state index < -0.39 is 0 Å². The summed E-state index contributed by atoms with van der Waals surface area (Å²) in [6.45, 7) is 6.83. The van der Waals surface area contributed by atoms with Crippen molar-refractivity contribution in [3.05, 3.63) is 47.8 Å². The Morgan fingerprint density at radius 1 is 1.33 bits per heavy atom. The number of morpholine rings is 1. The first-order valence-corrected chi connectivity index (χ1v) is 7.96. The zero-order chi connectivity index (χ0) is 16.2. The summed E-state index contributed by atoms with van der Waals surface area (Å²) in [5.74, 6) is 0. The van der Waals surface area contributed by atoms with E-state index in [1.165, 1.54) is 16.8 Å². The van der Waals surface area contributed by atoms with Gasteiger partial charge in [-0.3, -0.25) is 4.98 Å². The minimum absolute atomic E-state index is 0. The maximum Gasteiger partial charge on any atom is 0.0774 e.